The van der Waals surface area contributed by atoms with Gasteiger partial charge in [0.15, 0.2) is 6.10 Å². The second kappa shape index (κ2) is 6.88. The Labute approximate surface area is 133 Å². The predicted molar refractivity (Wildman–Crippen MR) is 80.1 cm³/mol. The normalized spacial score (nSPS) is 14.2. The summed E-state index contributed by atoms with van der Waals surface area (Å²) < 4.78 is 38.3. The zero-order valence-corrected chi connectivity index (χ0v) is 13.9. The number of halogens is 3. The average Bonchev–Trinajstić information content (AvgIpc) is 2.69. The first-order chi connectivity index (χ1) is 10.3. The first-order valence-corrected chi connectivity index (χ1v) is 7.08. The second-order valence-electron chi connectivity index (χ2n) is 6.59. The fraction of sp³-hybridized carbons (Fsp3) is 0.714. The van der Waals surface area contributed by atoms with Crippen molar-refractivity contribution in [3.8, 4) is 0 Å². The average molecular weight is 336 g/mol. The van der Waals surface area contributed by atoms with Crippen LogP contribution in [0.15, 0.2) is 6.07 Å². The first kappa shape index (κ1) is 19.4. The fourth-order valence-corrected chi connectivity index (χ4v) is 1.84. The number of carbonyl (C=O) groups is 1. The highest BCUT2D eigenvalue weighted by Gasteiger charge is 2.38. The van der Waals surface area contributed by atoms with Gasteiger partial charge in [0.05, 0.1) is 12.2 Å². The number of aliphatic hydroxyl groups is 1. The third-order valence-corrected chi connectivity index (χ3v) is 3.19. The van der Waals surface area contributed by atoms with Crippen LogP contribution in [-0.2, 0) is 17.3 Å². The summed E-state index contributed by atoms with van der Waals surface area (Å²) in [5.74, 6) is -0.0185. The lowest BCUT2D eigenvalue weighted by Gasteiger charge is -2.21. The molecule has 0 bridgehead atoms. The van der Waals surface area contributed by atoms with E-state index in [-0.39, 0.29) is 12.0 Å². The van der Waals surface area contributed by atoms with Crippen molar-refractivity contribution in [2.24, 2.45) is 7.05 Å². The van der Waals surface area contributed by atoms with Gasteiger partial charge in [-0.1, -0.05) is 20.8 Å². The van der Waals surface area contributed by atoms with E-state index in [0.29, 0.717) is 5.82 Å². The maximum atomic E-state index is 12.3. The van der Waals surface area contributed by atoms with Gasteiger partial charge in [0.2, 0.25) is 5.91 Å². The highest BCUT2D eigenvalue weighted by atomic mass is 19.4. The Kier molecular flexibility index (Phi) is 5.81. The Bertz CT molecular complexity index is 549. The standard InChI is InChI=1S/C14H23F3N4O2/c1-13(2,3)9-6-11(21(5)19-9)18-12(23)8-20(4)7-10(22)14(15,16)17/h6,10,22H,7-8H2,1-5H3,(H,18,23). The van der Waals surface area contributed by atoms with Gasteiger partial charge in [-0.25, -0.2) is 0 Å². The Morgan fingerprint density at radius 2 is 2.00 bits per heavy atom. The number of aliphatic hydroxyl groups excluding tert-OH is 1. The molecular weight excluding hydrogens is 313 g/mol. The molecule has 23 heavy (non-hydrogen) atoms. The molecule has 1 aromatic heterocycles. The van der Waals surface area contributed by atoms with Crippen molar-refractivity contribution in [2.75, 3.05) is 25.5 Å². The molecular formula is C14H23F3N4O2. The number of amides is 1. The molecule has 9 heteroatoms. The molecule has 0 radical (unpaired) electrons. The first-order valence-electron chi connectivity index (χ1n) is 7.08. The lowest BCUT2D eigenvalue weighted by Crippen LogP contribution is -2.42. The van der Waals surface area contributed by atoms with E-state index in [4.69, 9.17) is 5.11 Å². The molecule has 1 heterocycles. The number of aryl methyl sites for hydroxylation is 1. The minimum Gasteiger partial charge on any atom is -0.382 e. The quantitative estimate of drug-likeness (QED) is 0.855. The molecule has 0 fully saturated rings. The molecule has 1 aromatic rings. The summed E-state index contributed by atoms with van der Waals surface area (Å²) >= 11 is 0. The van der Waals surface area contributed by atoms with Gasteiger partial charge in [-0.2, -0.15) is 18.3 Å². The Hall–Kier alpha value is -1.61. The third kappa shape index (κ3) is 5.83. The van der Waals surface area contributed by atoms with Gasteiger partial charge in [-0.05, 0) is 7.05 Å². The number of nitrogens with one attached hydrogen (secondary N) is 1. The summed E-state index contributed by atoms with van der Waals surface area (Å²) in [7, 11) is 3.00. The molecule has 0 saturated heterocycles. The Morgan fingerprint density at radius 1 is 1.43 bits per heavy atom. The van der Waals surface area contributed by atoms with E-state index in [2.05, 4.69) is 10.4 Å². The van der Waals surface area contributed by atoms with Crippen LogP contribution in [0.3, 0.4) is 0 Å². The number of carbonyl (C=O) groups excluding carboxylic acids is 1. The Morgan fingerprint density at radius 3 is 2.43 bits per heavy atom. The van der Waals surface area contributed by atoms with Crippen LogP contribution in [-0.4, -0.2) is 58.1 Å². The van der Waals surface area contributed by atoms with E-state index < -0.39 is 24.7 Å². The van der Waals surface area contributed by atoms with Crippen LogP contribution in [0.1, 0.15) is 26.5 Å². The van der Waals surface area contributed by atoms with E-state index in [0.717, 1.165) is 10.6 Å². The molecule has 6 nitrogen and oxygen atoms in total. The summed E-state index contributed by atoms with van der Waals surface area (Å²) in [6.45, 7) is 4.99. The van der Waals surface area contributed by atoms with Gasteiger partial charge in [-0.3, -0.25) is 14.4 Å². The highest BCUT2D eigenvalue weighted by molar-refractivity contribution is 5.91. The van der Waals surface area contributed by atoms with Crippen molar-refractivity contribution < 1.29 is 23.1 Å². The molecule has 2 N–H and O–H groups in total. The van der Waals surface area contributed by atoms with Crippen molar-refractivity contribution in [1.29, 1.82) is 0 Å². The number of nitrogens with zero attached hydrogens (tertiary/aromatic N) is 3. The van der Waals surface area contributed by atoms with Gasteiger partial charge in [-0.15, -0.1) is 0 Å². The van der Waals surface area contributed by atoms with E-state index in [1.165, 1.54) is 11.7 Å². The number of hydrogen-bond acceptors (Lipinski definition) is 4. The summed E-state index contributed by atoms with van der Waals surface area (Å²) in [6.07, 6.45) is -7.18. The minimum absolute atomic E-state index is 0.186. The lowest BCUT2D eigenvalue weighted by molar-refractivity contribution is -0.207. The van der Waals surface area contributed by atoms with Crippen molar-refractivity contribution in [2.45, 2.75) is 38.5 Å². The van der Waals surface area contributed by atoms with Crippen LogP contribution in [0.4, 0.5) is 19.0 Å². The van der Waals surface area contributed by atoms with Gasteiger partial charge in [0.25, 0.3) is 0 Å². The van der Waals surface area contributed by atoms with Gasteiger partial charge < -0.3 is 10.4 Å². The number of rotatable bonds is 5. The molecule has 1 rings (SSSR count). The smallest absolute Gasteiger partial charge is 0.382 e. The number of hydrogen-bond donors (Lipinski definition) is 2. The molecule has 0 aliphatic carbocycles. The van der Waals surface area contributed by atoms with E-state index in [9.17, 15) is 18.0 Å². The summed E-state index contributed by atoms with van der Waals surface area (Å²) in [5.41, 5.74) is 0.602. The largest absolute Gasteiger partial charge is 0.415 e. The molecule has 0 spiro atoms. The van der Waals surface area contributed by atoms with E-state index >= 15 is 0 Å². The van der Waals surface area contributed by atoms with Crippen molar-refractivity contribution in [1.82, 2.24) is 14.7 Å². The number of aromatic nitrogens is 2. The fourth-order valence-electron chi connectivity index (χ4n) is 1.84. The van der Waals surface area contributed by atoms with Crippen molar-refractivity contribution in [3.05, 3.63) is 11.8 Å². The molecule has 0 saturated carbocycles. The monoisotopic (exact) mass is 336 g/mol. The molecule has 1 atom stereocenters. The lowest BCUT2D eigenvalue weighted by atomic mass is 9.92. The van der Waals surface area contributed by atoms with Crippen molar-refractivity contribution >= 4 is 11.7 Å². The van der Waals surface area contributed by atoms with Crippen molar-refractivity contribution in [3.63, 3.8) is 0 Å². The van der Waals surface area contributed by atoms with E-state index in [1.54, 1.807) is 13.1 Å². The number of alkyl halides is 3. The van der Waals surface area contributed by atoms with Gasteiger partial charge in [0.1, 0.15) is 5.82 Å². The van der Waals surface area contributed by atoms with Crippen LogP contribution in [0.2, 0.25) is 0 Å². The topological polar surface area (TPSA) is 70.4 Å². The molecule has 0 aromatic carbocycles. The molecule has 1 amide bonds. The number of likely N-dealkylation sites (N-methyl/N-ethyl adjacent to an activating group) is 1. The molecule has 0 aliphatic heterocycles. The van der Waals surface area contributed by atoms with E-state index in [1.807, 2.05) is 20.8 Å². The van der Waals surface area contributed by atoms with Gasteiger partial charge in [0, 0.05) is 25.1 Å². The zero-order chi connectivity index (χ0) is 18.0. The molecule has 1 unspecified atom stereocenters. The molecule has 132 valence electrons. The molecule has 0 aliphatic rings. The summed E-state index contributed by atoms with van der Waals surface area (Å²) in [4.78, 5) is 13.0. The van der Waals surface area contributed by atoms with Crippen LogP contribution < -0.4 is 5.32 Å². The minimum atomic E-state index is -4.70. The highest BCUT2D eigenvalue weighted by Crippen LogP contribution is 2.23. The zero-order valence-electron chi connectivity index (χ0n) is 13.9. The second-order valence-corrected chi connectivity index (χ2v) is 6.59. The van der Waals surface area contributed by atoms with Gasteiger partial charge >= 0.3 is 6.18 Å². The van der Waals surface area contributed by atoms with Crippen LogP contribution in [0.25, 0.3) is 0 Å². The predicted octanol–water partition coefficient (Wildman–Crippen LogP) is 1.51. The number of anilines is 1. The van der Waals surface area contributed by atoms with Crippen LogP contribution >= 0.6 is 0 Å². The van der Waals surface area contributed by atoms with Crippen LogP contribution in [0, 0.1) is 0 Å². The maximum absolute atomic E-state index is 12.3. The Balaban J connectivity index is 2.62. The summed E-state index contributed by atoms with van der Waals surface area (Å²) in [6, 6.07) is 1.72. The summed E-state index contributed by atoms with van der Waals surface area (Å²) in [5, 5.41) is 15.9. The van der Waals surface area contributed by atoms with Crippen LogP contribution in [0.5, 0.6) is 0 Å². The third-order valence-electron chi connectivity index (χ3n) is 3.19. The SMILES string of the molecule is CN(CC(=O)Nc1cc(C(C)(C)C)nn1C)CC(O)C(F)(F)F. The maximum Gasteiger partial charge on any atom is 0.415 e.